The van der Waals surface area contributed by atoms with Crippen LogP contribution in [0.3, 0.4) is 0 Å². The topological polar surface area (TPSA) is 93.4 Å². The maximum Gasteiger partial charge on any atom is 0.243 e. The maximum absolute atomic E-state index is 11.8. The van der Waals surface area contributed by atoms with Crippen molar-refractivity contribution in [2.75, 3.05) is 24.4 Å². The zero-order chi connectivity index (χ0) is 14.4. The summed E-state index contributed by atoms with van der Waals surface area (Å²) in [7, 11) is 1.45. The monoisotopic (exact) mass is 321 g/mol. The van der Waals surface area contributed by atoms with Gasteiger partial charge in [0.25, 0.3) is 0 Å². The van der Waals surface area contributed by atoms with Gasteiger partial charge in [-0.2, -0.15) is 0 Å². The highest BCUT2D eigenvalue weighted by Gasteiger charge is 2.15. The average Bonchev–Trinajstić information content (AvgIpc) is 2.32. The van der Waals surface area contributed by atoms with Crippen LogP contribution in [-0.2, 0) is 14.3 Å². The lowest BCUT2D eigenvalue weighted by atomic mass is 10.2. The average molecular weight is 322 g/mol. The Morgan fingerprint density at radius 1 is 1.35 bits per heavy atom. The third-order valence-corrected chi connectivity index (χ3v) is 2.47. The molecule has 2 amide bonds. The van der Waals surface area contributed by atoms with Crippen molar-refractivity contribution in [1.29, 1.82) is 0 Å². The number of amides is 2. The van der Waals surface area contributed by atoms with E-state index in [4.69, 9.17) is 22.1 Å². The van der Waals surface area contributed by atoms with E-state index in [1.165, 1.54) is 20.1 Å². The van der Waals surface area contributed by atoms with E-state index in [1.54, 1.807) is 12.1 Å². The van der Waals surface area contributed by atoms with Gasteiger partial charge in [0, 0.05) is 19.1 Å². The van der Waals surface area contributed by atoms with Crippen LogP contribution < -0.4 is 16.4 Å². The number of ether oxygens (including phenoxy) is 1. The van der Waals surface area contributed by atoms with E-state index in [0.29, 0.717) is 16.4 Å². The van der Waals surface area contributed by atoms with Gasteiger partial charge < -0.3 is 21.1 Å². The number of nitrogens with two attached hydrogens (primary N) is 1. The van der Waals surface area contributed by atoms with Crippen molar-refractivity contribution in [2.45, 2.75) is 13.0 Å². The Hall–Kier alpha value is -1.34. The zero-order valence-electron chi connectivity index (χ0n) is 11.1. The van der Waals surface area contributed by atoms with Crippen molar-refractivity contribution in [2.24, 2.45) is 5.73 Å². The third kappa shape index (κ3) is 5.75. The van der Waals surface area contributed by atoms with Crippen LogP contribution in [0.4, 0.5) is 11.4 Å². The first kappa shape index (κ1) is 18.7. The molecular formula is C12H17Cl2N3O3. The summed E-state index contributed by atoms with van der Waals surface area (Å²) in [6.45, 7) is 1.47. The molecule has 8 heteroatoms. The van der Waals surface area contributed by atoms with Crippen molar-refractivity contribution in [3.63, 3.8) is 0 Å². The molecule has 1 aromatic carbocycles. The molecule has 0 aliphatic rings. The Bertz CT molecular complexity index is 483. The van der Waals surface area contributed by atoms with E-state index >= 15 is 0 Å². The highest BCUT2D eigenvalue weighted by Crippen LogP contribution is 2.25. The molecule has 0 saturated carbocycles. The van der Waals surface area contributed by atoms with E-state index in [9.17, 15) is 9.59 Å². The Kier molecular flexibility index (Phi) is 8.17. The van der Waals surface area contributed by atoms with Crippen LogP contribution >= 0.6 is 24.0 Å². The van der Waals surface area contributed by atoms with Crippen LogP contribution in [0.2, 0.25) is 5.02 Å². The van der Waals surface area contributed by atoms with Gasteiger partial charge in [-0.05, 0) is 18.2 Å². The number of methoxy groups -OCH3 is 1. The summed E-state index contributed by atoms with van der Waals surface area (Å²) in [6, 6.07) is 3.94. The number of carbonyl (C=O) groups excluding carboxylic acids is 2. The van der Waals surface area contributed by atoms with Gasteiger partial charge in [-0.1, -0.05) is 11.6 Å². The number of hydrogen-bond donors (Lipinski definition) is 3. The van der Waals surface area contributed by atoms with E-state index in [-0.39, 0.29) is 24.9 Å². The van der Waals surface area contributed by atoms with Crippen molar-refractivity contribution >= 4 is 47.2 Å². The highest BCUT2D eigenvalue weighted by atomic mass is 35.5. The normalized spacial score (nSPS) is 11.2. The molecule has 0 saturated heterocycles. The van der Waals surface area contributed by atoms with Crippen molar-refractivity contribution in [3.05, 3.63) is 23.2 Å². The van der Waals surface area contributed by atoms with Crippen molar-refractivity contribution in [1.82, 2.24) is 0 Å². The minimum atomic E-state index is -0.797. The van der Waals surface area contributed by atoms with Crippen molar-refractivity contribution in [3.8, 4) is 0 Å². The summed E-state index contributed by atoms with van der Waals surface area (Å²) in [5.74, 6) is -0.672. The molecule has 0 bridgehead atoms. The Morgan fingerprint density at radius 3 is 2.55 bits per heavy atom. The first-order valence-corrected chi connectivity index (χ1v) is 5.94. The van der Waals surface area contributed by atoms with E-state index in [0.717, 1.165) is 0 Å². The maximum atomic E-state index is 11.8. The largest absolute Gasteiger partial charge is 0.383 e. The molecule has 6 nitrogen and oxygen atoms in total. The molecule has 0 spiro atoms. The fourth-order valence-corrected chi connectivity index (χ4v) is 1.57. The fraction of sp³-hybridized carbons (Fsp3) is 0.333. The number of halogens is 2. The minimum absolute atomic E-state index is 0. The van der Waals surface area contributed by atoms with Gasteiger partial charge in [-0.15, -0.1) is 12.4 Å². The second-order valence-corrected chi connectivity index (χ2v) is 4.36. The zero-order valence-corrected chi connectivity index (χ0v) is 12.7. The van der Waals surface area contributed by atoms with Gasteiger partial charge in [0.15, 0.2) is 0 Å². The van der Waals surface area contributed by atoms with Crippen LogP contribution in [0.15, 0.2) is 18.2 Å². The predicted octanol–water partition coefficient (Wildman–Crippen LogP) is 1.63. The first-order valence-electron chi connectivity index (χ1n) is 5.56. The molecule has 112 valence electrons. The van der Waals surface area contributed by atoms with Gasteiger partial charge in [0.2, 0.25) is 11.8 Å². The molecule has 0 aromatic heterocycles. The third-order valence-electron chi connectivity index (χ3n) is 2.23. The number of rotatable bonds is 5. The van der Waals surface area contributed by atoms with Gasteiger partial charge in [-0.25, -0.2) is 0 Å². The lowest BCUT2D eigenvalue weighted by Crippen LogP contribution is -2.39. The number of nitrogens with one attached hydrogen (secondary N) is 2. The highest BCUT2D eigenvalue weighted by molar-refractivity contribution is 6.31. The van der Waals surface area contributed by atoms with E-state index in [1.807, 2.05) is 0 Å². The number of anilines is 2. The lowest BCUT2D eigenvalue weighted by molar-refractivity contribution is -0.118. The van der Waals surface area contributed by atoms with Crippen LogP contribution in [0.1, 0.15) is 6.92 Å². The Morgan fingerprint density at radius 2 is 2.00 bits per heavy atom. The summed E-state index contributed by atoms with van der Waals surface area (Å²) in [5.41, 5.74) is 6.45. The van der Waals surface area contributed by atoms with Crippen molar-refractivity contribution < 1.29 is 14.3 Å². The Labute approximate surface area is 128 Å². The fourth-order valence-electron chi connectivity index (χ4n) is 1.40. The van der Waals surface area contributed by atoms with E-state index in [2.05, 4.69) is 10.6 Å². The lowest BCUT2D eigenvalue weighted by Gasteiger charge is -2.14. The number of hydrogen-bond acceptors (Lipinski definition) is 4. The first-order chi connectivity index (χ1) is 8.93. The molecule has 1 rings (SSSR count). The second kappa shape index (κ2) is 8.76. The smallest absolute Gasteiger partial charge is 0.243 e. The molecule has 1 atom stereocenters. The second-order valence-electron chi connectivity index (χ2n) is 3.92. The predicted molar refractivity (Wildman–Crippen MR) is 81.5 cm³/mol. The van der Waals surface area contributed by atoms with Crippen LogP contribution in [0.25, 0.3) is 0 Å². The molecule has 0 fully saturated rings. The molecule has 1 aromatic rings. The molecule has 0 aliphatic carbocycles. The van der Waals surface area contributed by atoms with Gasteiger partial charge in [0.1, 0.15) is 6.04 Å². The molecule has 0 heterocycles. The van der Waals surface area contributed by atoms with Gasteiger partial charge in [0.05, 0.1) is 18.0 Å². The number of benzene rings is 1. The van der Waals surface area contributed by atoms with Crippen LogP contribution in [-0.4, -0.2) is 31.6 Å². The van der Waals surface area contributed by atoms with E-state index < -0.39 is 11.9 Å². The summed E-state index contributed by atoms with van der Waals surface area (Å²) in [4.78, 5) is 22.9. The molecule has 1 unspecified atom stereocenters. The molecule has 0 radical (unpaired) electrons. The molecule has 20 heavy (non-hydrogen) atoms. The Balaban J connectivity index is 0.00000361. The summed E-state index contributed by atoms with van der Waals surface area (Å²) < 4.78 is 4.80. The quantitative estimate of drug-likeness (QED) is 0.768. The van der Waals surface area contributed by atoms with Crippen LogP contribution in [0.5, 0.6) is 0 Å². The van der Waals surface area contributed by atoms with Gasteiger partial charge >= 0.3 is 0 Å². The number of carbonyl (C=O) groups is 2. The summed E-state index contributed by atoms with van der Waals surface area (Å²) in [5, 5.41) is 5.63. The minimum Gasteiger partial charge on any atom is -0.383 e. The molecule has 4 N–H and O–H groups in total. The van der Waals surface area contributed by atoms with Crippen LogP contribution in [0, 0.1) is 0 Å². The standard InChI is InChI=1S/C12H16ClN3O3.ClH/c1-7(17)15-10-4-3-8(13)5-11(10)16-12(18)9(14)6-19-2;/h3-5,9H,6,14H2,1-2H3,(H,15,17)(H,16,18);1H. The molecular weight excluding hydrogens is 305 g/mol. The molecule has 0 aliphatic heterocycles. The summed E-state index contributed by atoms with van der Waals surface area (Å²) >= 11 is 5.86. The SMILES string of the molecule is COCC(N)C(=O)Nc1cc(Cl)ccc1NC(C)=O.Cl. The summed E-state index contributed by atoms with van der Waals surface area (Å²) in [6.07, 6.45) is 0. The van der Waals surface area contributed by atoms with Gasteiger partial charge in [-0.3, -0.25) is 9.59 Å².